The van der Waals surface area contributed by atoms with E-state index < -0.39 is 0 Å². The highest BCUT2D eigenvalue weighted by atomic mass is 32.2. The van der Waals surface area contributed by atoms with Gasteiger partial charge in [-0.3, -0.25) is 4.72 Å². The molecule has 0 radical (unpaired) electrons. The third-order valence-electron chi connectivity index (χ3n) is 1.28. The summed E-state index contributed by atoms with van der Waals surface area (Å²) < 4.78 is 8.01. The second-order valence-electron chi connectivity index (χ2n) is 1.98. The molecule has 0 unspecified atom stereocenters. The van der Waals surface area contributed by atoms with Crippen LogP contribution in [0.4, 0.5) is 0 Å². The molecule has 0 heterocycles. The van der Waals surface area contributed by atoms with Crippen molar-refractivity contribution in [3.63, 3.8) is 0 Å². The summed E-state index contributed by atoms with van der Waals surface area (Å²) in [6, 6.07) is 7.92. The summed E-state index contributed by atoms with van der Waals surface area (Å²) in [5.41, 5.74) is 0. The van der Waals surface area contributed by atoms with Crippen molar-refractivity contribution in [2.45, 2.75) is 18.7 Å². The molecule has 1 aromatic carbocycles. The number of hydrogen-bond donors (Lipinski definition) is 1. The fourth-order valence-electron chi connectivity index (χ4n) is 0.762. The van der Waals surface area contributed by atoms with Gasteiger partial charge in [-0.1, -0.05) is 13.8 Å². The lowest BCUT2D eigenvalue weighted by Gasteiger charge is -2.00. The molecule has 1 aromatic rings. The first kappa shape index (κ1) is 12.3. The van der Waals surface area contributed by atoms with Gasteiger partial charge in [0.25, 0.3) is 0 Å². The van der Waals surface area contributed by atoms with Crippen molar-refractivity contribution in [1.82, 2.24) is 4.72 Å². The molecule has 0 saturated carbocycles. The zero-order chi connectivity index (χ0) is 10.1. The van der Waals surface area contributed by atoms with E-state index in [1.54, 1.807) is 19.1 Å². The average molecular weight is 199 g/mol. The van der Waals surface area contributed by atoms with E-state index in [1.807, 2.05) is 45.2 Å². The molecule has 1 N–H and O–H groups in total. The Hall–Kier alpha value is -0.670. The van der Waals surface area contributed by atoms with E-state index in [1.165, 1.54) is 4.90 Å². The molecule has 13 heavy (non-hydrogen) atoms. The topological polar surface area (TPSA) is 21.3 Å². The molecule has 0 aliphatic heterocycles. The maximum atomic E-state index is 5.02. The van der Waals surface area contributed by atoms with Crippen molar-refractivity contribution in [3.05, 3.63) is 24.3 Å². The maximum Gasteiger partial charge on any atom is 0.118 e. The van der Waals surface area contributed by atoms with E-state index in [0.29, 0.717) is 0 Å². The summed E-state index contributed by atoms with van der Waals surface area (Å²) >= 11 is 1.59. The second-order valence-corrected chi connectivity index (χ2v) is 3.07. The highest BCUT2D eigenvalue weighted by Crippen LogP contribution is 2.17. The van der Waals surface area contributed by atoms with Crippen LogP contribution in [0.2, 0.25) is 0 Å². The zero-order valence-corrected chi connectivity index (χ0v) is 9.44. The molecule has 0 spiro atoms. The maximum absolute atomic E-state index is 5.02. The summed E-state index contributed by atoms with van der Waals surface area (Å²) in [4.78, 5) is 1.19. The Morgan fingerprint density at radius 2 is 1.69 bits per heavy atom. The third-order valence-corrected chi connectivity index (χ3v) is 1.99. The quantitative estimate of drug-likeness (QED) is 0.756. The first-order valence-corrected chi connectivity index (χ1v) is 5.16. The van der Waals surface area contributed by atoms with Gasteiger partial charge in [0.2, 0.25) is 0 Å². The molecule has 0 amide bonds. The third kappa shape index (κ3) is 4.80. The SMILES string of the molecule is CC.CNSc1ccc(OC)cc1. The van der Waals surface area contributed by atoms with E-state index >= 15 is 0 Å². The van der Waals surface area contributed by atoms with Gasteiger partial charge in [-0.15, -0.1) is 0 Å². The molecule has 1 rings (SSSR count). The van der Waals surface area contributed by atoms with E-state index in [4.69, 9.17) is 4.74 Å². The van der Waals surface area contributed by atoms with Gasteiger partial charge in [0.1, 0.15) is 5.75 Å². The molecular formula is C10H17NOS. The molecular weight excluding hydrogens is 182 g/mol. The van der Waals surface area contributed by atoms with Gasteiger partial charge in [-0.2, -0.15) is 0 Å². The normalized spacial score (nSPS) is 8.62. The van der Waals surface area contributed by atoms with Gasteiger partial charge in [0.05, 0.1) is 7.11 Å². The second kappa shape index (κ2) is 7.95. The molecule has 0 fully saturated rings. The summed E-state index contributed by atoms with van der Waals surface area (Å²) in [5, 5.41) is 0. The highest BCUT2D eigenvalue weighted by molar-refractivity contribution is 7.97. The lowest BCUT2D eigenvalue weighted by Crippen LogP contribution is -1.90. The molecule has 0 aromatic heterocycles. The van der Waals surface area contributed by atoms with Gasteiger partial charge in [0, 0.05) is 4.90 Å². The van der Waals surface area contributed by atoms with E-state index in [0.717, 1.165) is 5.75 Å². The lowest BCUT2D eigenvalue weighted by atomic mass is 10.3. The zero-order valence-electron chi connectivity index (χ0n) is 8.63. The van der Waals surface area contributed by atoms with Crippen LogP contribution in [-0.4, -0.2) is 14.2 Å². The number of ether oxygens (including phenoxy) is 1. The average Bonchev–Trinajstić information content (AvgIpc) is 2.23. The molecule has 0 aliphatic rings. The predicted octanol–water partition coefficient (Wildman–Crippen LogP) is 2.95. The van der Waals surface area contributed by atoms with E-state index in [9.17, 15) is 0 Å². The Bertz CT molecular complexity index is 211. The van der Waals surface area contributed by atoms with Crippen LogP contribution in [0.15, 0.2) is 29.2 Å². The number of rotatable bonds is 3. The van der Waals surface area contributed by atoms with Crippen molar-refractivity contribution in [3.8, 4) is 5.75 Å². The minimum absolute atomic E-state index is 0.894. The van der Waals surface area contributed by atoms with Crippen LogP contribution in [0.3, 0.4) is 0 Å². The molecule has 3 heteroatoms. The number of methoxy groups -OCH3 is 1. The number of benzene rings is 1. The molecule has 0 saturated heterocycles. The van der Waals surface area contributed by atoms with Crippen LogP contribution in [-0.2, 0) is 0 Å². The fraction of sp³-hybridized carbons (Fsp3) is 0.400. The van der Waals surface area contributed by atoms with Crippen molar-refractivity contribution < 1.29 is 4.74 Å². The Balaban J connectivity index is 0.000000671. The summed E-state index contributed by atoms with van der Waals surface area (Å²) in [6.07, 6.45) is 0. The van der Waals surface area contributed by atoms with Gasteiger partial charge < -0.3 is 4.74 Å². The Morgan fingerprint density at radius 1 is 1.15 bits per heavy atom. The smallest absolute Gasteiger partial charge is 0.118 e. The van der Waals surface area contributed by atoms with Crippen molar-refractivity contribution in [2.24, 2.45) is 0 Å². The van der Waals surface area contributed by atoms with E-state index in [2.05, 4.69) is 4.72 Å². The van der Waals surface area contributed by atoms with Crippen molar-refractivity contribution in [1.29, 1.82) is 0 Å². The number of hydrogen-bond acceptors (Lipinski definition) is 3. The van der Waals surface area contributed by atoms with Gasteiger partial charge >= 0.3 is 0 Å². The molecule has 74 valence electrons. The van der Waals surface area contributed by atoms with Gasteiger partial charge in [-0.05, 0) is 43.3 Å². The van der Waals surface area contributed by atoms with Gasteiger partial charge in [-0.25, -0.2) is 0 Å². The Morgan fingerprint density at radius 3 is 2.08 bits per heavy atom. The lowest BCUT2D eigenvalue weighted by molar-refractivity contribution is 0.414. The summed E-state index contributed by atoms with van der Waals surface area (Å²) in [7, 11) is 3.56. The highest BCUT2D eigenvalue weighted by Gasteiger charge is 1.91. The minimum Gasteiger partial charge on any atom is -0.497 e. The van der Waals surface area contributed by atoms with Crippen LogP contribution < -0.4 is 9.46 Å². The molecule has 2 nitrogen and oxygen atoms in total. The Labute approximate surface area is 84.8 Å². The van der Waals surface area contributed by atoms with Crippen molar-refractivity contribution >= 4 is 11.9 Å². The monoisotopic (exact) mass is 199 g/mol. The predicted molar refractivity (Wildman–Crippen MR) is 59.3 cm³/mol. The van der Waals surface area contributed by atoms with Crippen LogP contribution in [0.5, 0.6) is 5.75 Å². The first-order valence-electron chi connectivity index (χ1n) is 4.34. The molecule has 0 bridgehead atoms. The molecule has 0 aliphatic carbocycles. The van der Waals surface area contributed by atoms with Gasteiger partial charge in [0.15, 0.2) is 0 Å². The standard InChI is InChI=1S/C8H11NOS.C2H6/c1-9-11-8-5-3-7(10-2)4-6-8;1-2/h3-6,9H,1-2H3;1-2H3. The summed E-state index contributed by atoms with van der Waals surface area (Å²) in [5.74, 6) is 0.894. The summed E-state index contributed by atoms with van der Waals surface area (Å²) in [6.45, 7) is 4.00. The first-order chi connectivity index (χ1) is 6.36. The minimum atomic E-state index is 0.894. The number of nitrogens with one attached hydrogen (secondary N) is 1. The van der Waals surface area contributed by atoms with Crippen LogP contribution in [0.25, 0.3) is 0 Å². The fourth-order valence-corrected chi connectivity index (χ4v) is 1.27. The van der Waals surface area contributed by atoms with Crippen LogP contribution >= 0.6 is 11.9 Å². The van der Waals surface area contributed by atoms with Crippen LogP contribution in [0, 0.1) is 0 Å². The largest absolute Gasteiger partial charge is 0.497 e. The van der Waals surface area contributed by atoms with Crippen molar-refractivity contribution in [2.75, 3.05) is 14.2 Å². The molecule has 0 atom stereocenters. The Kier molecular flexibility index (Phi) is 7.54. The van der Waals surface area contributed by atoms with E-state index in [-0.39, 0.29) is 0 Å². The van der Waals surface area contributed by atoms with Crippen LogP contribution in [0.1, 0.15) is 13.8 Å².